The molecule has 0 aliphatic carbocycles. The van der Waals surface area contributed by atoms with Crippen LogP contribution in [0.2, 0.25) is 0 Å². The molecule has 0 aromatic heterocycles. The maximum atomic E-state index is 11.4. The van der Waals surface area contributed by atoms with Crippen LogP contribution in [-0.2, 0) is 11.8 Å². The van der Waals surface area contributed by atoms with E-state index in [1.54, 1.807) is 6.07 Å². The fraction of sp³-hybridized carbons (Fsp3) is 0.280. The molecule has 1 atom stereocenters. The molecule has 2 heterocycles. The van der Waals surface area contributed by atoms with E-state index < -0.39 is 10.6 Å². The van der Waals surface area contributed by atoms with Gasteiger partial charge >= 0.3 is 0 Å². The Kier molecular flexibility index (Phi) is 4.22. The number of nitro benzene ring substituents is 1. The zero-order valence-electron chi connectivity index (χ0n) is 17.8. The average molecular weight is 416 g/mol. The first kappa shape index (κ1) is 19.4. The number of nitrogens with zero attached hydrogens (tertiary/aromatic N) is 2. The fourth-order valence-electron chi connectivity index (χ4n) is 5.13. The fourth-order valence-corrected chi connectivity index (χ4v) is 5.13. The Morgan fingerprint density at radius 1 is 1.06 bits per heavy atom. The van der Waals surface area contributed by atoms with Crippen LogP contribution in [0.4, 0.5) is 17.1 Å². The summed E-state index contributed by atoms with van der Waals surface area (Å²) in [5, 5.41) is 11.4. The molecule has 0 radical (unpaired) electrons. The number of benzene rings is 3. The van der Waals surface area contributed by atoms with Crippen molar-refractivity contribution in [3.05, 3.63) is 88.0 Å². The zero-order valence-corrected chi connectivity index (χ0v) is 17.8. The number of anilines is 2. The zero-order chi connectivity index (χ0) is 21.8. The predicted molar refractivity (Wildman–Crippen MR) is 119 cm³/mol. The van der Waals surface area contributed by atoms with Crippen molar-refractivity contribution in [3.8, 4) is 11.5 Å². The molecule has 1 unspecified atom stereocenters. The summed E-state index contributed by atoms with van der Waals surface area (Å²) in [5.41, 5.74) is 3.15. The summed E-state index contributed by atoms with van der Waals surface area (Å²) in [4.78, 5) is 13.3. The minimum absolute atomic E-state index is 0.0176. The van der Waals surface area contributed by atoms with Crippen LogP contribution in [0.3, 0.4) is 0 Å². The molecule has 0 amide bonds. The molecule has 6 nitrogen and oxygen atoms in total. The van der Waals surface area contributed by atoms with Crippen LogP contribution in [0.25, 0.3) is 0 Å². The molecule has 0 N–H and O–H groups in total. The van der Waals surface area contributed by atoms with Gasteiger partial charge in [0.15, 0.2) is 17.2 Å². The van der Waals surface area contributed by atoms with E-state index in [0.717, 1.165) is 16.9 Å². The molecule has 0 bridgehead atoms. The van der Waals surface area contributed by atoms with Gasteiger partial charge in [0.25, 0.3) is 5.69 Å². The summed E-state index contributed by atoms with van der Waals surface area (Å²) < 4.78 is 12.4. The van der Waals surface area contributed by atoms with Crippen molar-refractivity contribution in [2.45, 2.75) is 37.8 Å². The summed E-state index contributed by atoms with van der Waals surface area (Å²) in [7, 11) is 1.52. The van der Waals surface area contributed by atoms with Crippen molar-refractivity contribution >= 4 is 17.1 Å². The van der Waals surface area contributed by atoms with Crippen molar-refractivity contribution < 1.29 is 14.4 Å². The largest absolute Gasteiger partial charge is 0.493 e. The minimum atomic E-state index is -0.700. The van der Waals surface area contributed by atoms with Gasteiger partial charge in [0.1, 0.15) is 0 Å². The molecule has 3 aromatic carbocycles. The van der Waals surface area contributed by atoms with Gasteiger partial charge < -0.3 is 14.4 Å². The molecule has 3 aromatic rings. The third-order valence-electron chi connectivity index (χ3n) is 6.72. The van der Waals surface area contributed by atoms with Crippen molar-refractivity contribution in [2.24, 2.45) is 0 Å². The van der Waals surface area contributed by atoms with Gasteiger partial charge in [-0.1, -0.05) is 36.4 Å². The first-order valence-electron chi connectivity index (χ1n) is 10.4. The van der Waals surface area contributed by atoms with Gasteiger partial charge in [-0.25, -0.2) is 0 Å². The molecule has 31 heavy (non-hydrogen) atoms. The highest BCUT2D eigenvalue weighted by Crippen LogP contribution is 2.59. The van der Waals surface area contributed by atoms with E-state index in [4.69, 9.17) is 9.47 Å². The lowest BCUT2D eigenvalue weighted by molar-refractivity contribution is -0.385. The number of aryl methyl sites for hydroxylation is 1. The maximum Gasteiger partial charge on any atom is 0.273 e. The third-order valence-corrected chi connectivity index (χ3v) is 6.72. The molecular weight excluding hydrogens is 392 g/mol. The van der Waals surface area contributed by atoms with E-state index in [9.17, 15) is 10.1 Å². The predicted octanol–water partition coefficient (Wildman–Crippen LogP) is 5.75. The lowest BCUT2D eigenvalue weighted by Gasteiger charge is -2.50. The number of methoxy groups -OCH3 is 1. The van der Waals surface area contributed by atoms with Gasteiger partial charge in [0.05, 0.1) is 23.5 Å². The van der Waals surface area contributed by atoms with Gasteiger partial charge in [-0.3, -0.25) is 10.1 Å². The normalized spacial score (nSPS) is 20.7. The standard InChI is InChI=1S/C25H24N2O4/c1-24(2)20-11-7-8-12-21(20)26(18-9-5-4-6-10-18)25(24)14-13-17-15-19(27(28)29)16-22(30-3)23(17)31-25/h4-12,15-16H,13-14H2,1-3H3. The lowest BCUT2D eigenvalue weighted by Crippen LogP contribution is -2.60. The number of rotatable bonds is 3. The molecule has 0 saturated carbocycles. The highest BCUT2D eigenvalue weighted by atomic mass is 16.6. The van der Waals surface area contributed by atoms with Gasteiger partial charge in [-0.15, -0.1) is 0 Å². The Morgan fingerprint density at radius 3 is 2.48 bits per heavy atom. The number of para-hydroxylation sites is 2. The summed E-state index contributed by atoms with van der Waals surface area (Å²) >= 11 is 0. The molecule has 0 fully saturated rings. The summed E-state index contributed by atoms with van der Waals surface area (Å²) in [5.74, 6) is 0.976. The number of hydrogen-bond donors (Lipinski definition) is 0. The molecule has 0 saturated heterocycles. The van der Waals surface area contributed by atoms with E-state index in [0.29, 0.717) is 24.3 Å². The summed E-state index contributed by atoms with van der Waals surface area (Å²) in [6, 6.07) is 21.7. The van der Waals surface area contributed by atoms with Crippen molar-refractivity contribution in [1.29, 1.82) is 0 Å². The Labute approximate surface area is 181 Å². The molecule has 1 spiro atoms. The average Bonchev–Trinajstić information content (AvgIpc) is 2.97. The van der Waals surface area contributed by atoms with Gasteiger partial charge in [0.2, 0.25) is 0 Å². The van der Waals surface area contributed by atoms with Crippen LogP contribution in [-0.4, -0.2) is 17.8 Å². The van der Waals surface area contributed by atoms with Crippen molar-refractivity contribution in [1.82, 2.24) is 0 Å². The number of non-ortho nitro benzene ring substituents is 1. The van der Waals surface area contributed by atoms with Crippen LogP contribution in [0.1, 0.15) is 31.4 Å². The van der Waals surface area contributed by atoms with Crippen LogP contribution in [0.5, 0.6) is 11.5 Å². The Hall–Kier alpha value is -3.54. The lowest BCUT2D eigenvalue weighted by atomic mass is 9.74. The quantitative estimate of drug-likeness (QED) is 0.401. The van der Waals surface area contributed by atoms with E-state index in [-0.39, 0.29) is 11.1 Å². The molecule has 158 valence electrons. The number of ether oxygens (including phenoxy) is 2. The number of nitro groups is 1. The molecular formula is C25H24N2O4. The molecule has 6 heteroatoms. The number of hydrogen-bond acceptors (Lipinski definition) is 5. The molecule has 2 aliphatic heterocycles. The van der Waals surface area contributed by atoms with Crippen molar-refractivity contribution in [2.75, 3.05) is 12.0 Å². The second kappa shape index (κ2) is 6.74. The van der Waals surface area contributed by atoms with E-state index in [1.807, 2.05) is 24.3 Å². The maximum absolute atomic E-state index is 11.4. The first-order chi connectivity index (χ1) is 14.9. The highest BCUT2D eigenvalue weighted by molar-refractivity contribution is 5.76. The Balaban J connectivity index is 1.73. The SMILES string of the molecule is COc1cc([N+](=O)[O-])cc2c1OC1(CC2)N(c2ccccc2)c2ccccc2C1(C)C. The summed E-state index contributed by atoms with van der Waals surface area (Å²) in [6.07, 6.45) is 1.33. The second-order valence-corrected chi connectivity index (χ2v) is 8.59. The minimum Gasteiger partial charge on any atom is -0.493 e. The van der Waals surface area contributed by atoms with Gasteiger partial charge in [0, 0.05) is 29.4 Å². The Bertz CT molecular complexity index is 1160. The van der Waals surface area contributed by atoms with Crippen molar-refractivity contribution in [3.63, 3.8) is 0 Å². The van der Waals surface area contributed by atoms with Crippen LogP contribution < -0.4 is 14.4 Å². The Morgan fingerprint density at radius 2 is 1.77 bits per heavy atom. The number of fused-ring (bicyclic) bond motifs is 2. The monoisotopic (exact) mass is 416 g/mol. The van der Waals surface area contributed by atoms with E-state index in [1.165, 1.54) is 18.7 Å². The van der Waals surface area contributed by atoms with E-state index in [2.05, 4.69) is 49.1 Å². The topological polar surface area (TPSA) is 64.8 Å². The smallest absolute Gasteiger partial charge is 0.273 e. The molecule has 2 aliphatic rings. The van der Waals surface area contributed by atoms with E-state index >= 15 is 0 Å². The second-order valence-electron chi connectivity index (χ2n) is 8.59. The third kappa shape index (κ3) is 2.64. The van der Waals surface area contributed by atoms with Gasteiger partial charge in [-0.2, -0.15) is 0 Å². The summed E-state index contributed by atoms with van der Waals surface area (Å²) in [6.45, 7) is 4.41. The molecule has 5 rings (SSSR count). The van der Waals surface area contributed by atoms with Crippen LogP contribution in [0.15, 0.2) is 66.7 Å². The van der Waals surface area contributed by atoms with Gasteiger partial charge in [-0.05, 0) is 44.0 Å². The highest BCUT2D eigenvalue weighted by Gasteiger charge is 2.61. The van der Waals surface area contributed by atoms with Crippen LogP contribution in [0, 0.1) is 10.1 Å². The first-order valence-corrected chi connectivity index (χ1v) is 10.4. The van der Waals surface area contributed by atoms with Crippen LogP contribution >= 0.6 is 0 Å².